The molecule has 0 aliphatic carbocycles. The molecule has 0 N–H and O–H groups in total. The van der Waals surface area contributed by atoms with Crippen molar-refractivity contribution in [2.24, 2.45) is 0 Å². The topological polar surface area (TPSA) is 52.0 Å². The molecule has 0 aliphatic rings. The lowest BCUT2D eigenvalue weighted by Gasteiger charge is -2.09. The highest BCUT2D eigenvalue weighted by atomic mass is 79.9. The maximum atomic E-state index is 11.8. The lowest BCUT2D eigenvalue weighted by atomic mass is 10.1. The number of halogens is 2. The smallest absolute Gasteiger partial charge is 0.175 e. The van der Waals surface area contributed by atoms with Gasteiger partial charge in [0.2, 0.25) is 0 Å². The van der Waals surface area contributed by atoms with Gasteiger partial charge < -0.3 is 0 Å². The SMILES string of the molecule is CS(=O)(=O)c1ccc(-n2nc(-c3ccc(Cl)cc3)cc2-c2cccc(Br)c2)cc1. The van der Waals surface area contributed by atoms with Gasteiger partial charge in [-0.2, -0.15) is 5.10 Å². The summed E-state index contributed by atoms with van der Waals surface area (Å²) in [6, 6.07) is 24.2. The molecular formula is C22H16BrClN2O2S. The van der Waals surface area contributed by atoms with Gasteiger partial charge in [-0.05, 0) is 54.6 Å². The summed E-state index contributed by atoms with van der Waals surface area (Å²) in [5, 5.41) is 5.45. The van der Waals surface area contributed by atoms with Gasteiger partial charge in [0.05, 0.1) is 22.0 Å². The molecule has 1 aromatic heterocycles. The monoisotopic (exact) mass is 486 g/mol. The van der Waals surface area contributed by atoms with Gasteiger partial charge in [-0.15, -0.1) is 0 Å². The Morgan fingerprint density at radius 1 is 0.897 bits per heavy atom. The fourth-order valence-electron chi connectivity index (χ4n) is 3.03. The van der Waals surface area contributed by atoms with Crippen LogP contribution in [0.25, 0.3) is 28.2 Å². The Morgan fingerprint density at radius 2 is 1.59 bits per heavy atom. The van der Waals surface area contributed by atoms with Crippen molar-refractivity contribution < 1.29 is 8.42 Å². The van der Waals surface area contributed by atoms with Crippen LogP contribution in [0.5, 0.6) is 0 Å². The quantitative estimate of drug-likeness (QED) is 0.353. The van der Waals surface area contributed by atoms with Crippen LogP contribution in [0, 0.1) is 0 Å². The molecule has 0 unspecified atom stereocenters. The molecule has 0 saturated carbocycles. The molecule has 0 amide bonds. The van der Waals surface area contributed by atoms with Crippen molar-refractivity contribution in [3.63, 3.8) is 0 Å². The van der Waals surface area contributed by atoms with Crippen LogP contribution in [0.15, 0.2) is 88.2 Å². The maximum Gasteiger partial charge on any atom is 0.175 e. The van der Waals surface area contributed by atoms with E-state index in [1.807, 2.05) is 59.3 Å². The zero-order valence-electron chi connectivity index (χ0n) is 15.4. The lowest BCUT2D eigenvalue weighted by molar-refractivity contribution is 0.602. The summed E-state index contributed by atoms with van der Waals surface area (Å²) >= 11 is 9.54. The van der Waals surface area contributed by atoms with Gasteiger partial charge in [0.1, 0.15) is 0 Å². The molecule has 0 fully saturated rings. The number of hydrogen-bond donors (Lipinski definition) is 0. The van der Waals surface area contributed by atoms with Crippen molar-refractivity contribution in [3.05, 3.63) is 88.4 Å². The molecule has 146 valence electrons. The van der Waals surface area contributed by atoms with E-state index in [-0.39, 0.29) is 4.90 Å². The van der Waals surface area contributed by atoms with Gasteiger partial charge in [0.25, 0.3) is 0 Å². The molecule has 4 nitrogen and oxygen atoms in total. The van der Waals surface area contributed by atoms with Crippen LogP contribution in [-0.4, -0.2) is 24.5 Å². The molecule has 3 aromatic carbocycles. The van der Waals surface area contributed by atoms with Gasteiger partial charge in [-0.25, -0.2) is 13.1 Å². The Bertz CT molecular complexity index is 1280. The molecule has 0 saturated heterocycles. The normalized spacial score (nSPS) is 11.6. The highest BCUT2D eigenvalue weighted by Crippen LogP contribution is 2.31. The number of benzene rings is 3. The molecule has 0 spiro atoms. The summed E-state index contributed by atoms with van der Waals surface area (Å²) in [5.41, 5.74) is 4.39. The number of sulfone groups is 1. The summed E-state index contributed by atoms with van der Waals surface area (Å²) in [6.45, 7) is 0. The number of nitrogens with zero attached hydrogens (tertiary/aromatic N) is 2. The van der Waals surface area contributed by atoms with E-state index in [1.54, 1.807) is 24.3 Å². The third kappa shape index (κ3) is 4.29. The Labute approximate surface area is 182 Å². The first kappa shape index (κ1) is 19.9. The van der Waals surface area contributed by atoms with Crippen LogP contribution >= 0.6 is 27.5 Å². The summed E-state index contributed by atoms with van der Waals surface area (Å²) in [5.74, 6) is 0. The van der Waals surface area contributed by atoms with Gasteiger partial charge in [-0.3, -0.25) is 0 Å². The van der Waals surface area contributed by atoms with Crippen molar-refractivity contribution in [2.75, 3.05) is 6.26 Å². The van der Waals surface area contributed by atoms with E-state index < -0.39 is 9.84 Å². The minimum Gasteiger partial charge on any atom is -0.232 e. The predicted octanol–water partition coefficient (Wildman–Crippen LogP) is 6.03. The Morgan fingerprint density at radius 3 is 2.21 bits per heavy atom. The van der Waals surface area contributed by atoms with Crippen LogP contribution in [0.3, 0.4) is 0 Å². The third-order valence-corrected chi connectivity index (χ3v) is 6.35. The predicted molar refractivity (Wildman–Crippen MR) is 120 cm³/mol. The molecule has 7 heteroatoms. The van der Waals surface area contributed by atoms with Gasteiger partial charge in [0, 0.05) is 26.9 Å². The minimum absolute atomic E-state index is 0.273. The first-order valence-electron chi connectivity index (χ1n) is 8.74. The molecule has 1 heterocycles. The van der Waals surface area contributed by atoms with Crippen molar-refractivity contribution in [2.45, 2.75) is 4.90 Å². The lowest BCUT2D eigenvalue weighted by Crippen LogP contribution is -2.01. The fraction of sp³-hybridized carbons (Fsp3) is 0.0455. The summed E-state index contributed by atoms with van der Waals surface area (Å²) in [7, 11) is -3.26. The summed E-state index contributed by atoms with van der Waals surface area (Å²) in [4.78, 5) is 0.273. The molecule has 4 aromatic rings. The maximum absolute atomic E-state index is 11.8. The Hall–Kier alpha value is -2.41. The summed E-state index contributed by atoms with van der Waals surface area (Å²) < 4.78 is 26.3. The number of hydrogen-bond acceptors (Lipinski definition) is 3. The number of rotatable bonds is 4. The average Bonchev–Trinajstić information content (AvgIpc) is 3.13. The molecule has 0 aliphatic heterocycles. The second-order valence-electron chi connectivity index (χ2n) is 6.61. The zero-order chi connectivity index (χ0) is 20.6. The van der Waals surface area contributed by atoms with E-state index in [1.165, 1.54) is 6.26 Å². The van der Waals surface area contributed by atoms with Gasteiger partial charge in [0.15, 0.2) is 9.84 Å². The second-order valence-corrected chi connectivity index (χ2v) is 9.98. The molecule has 0 radical (unpaired) electrons. The molecular weight excluding hydrogens is 472 g/mol. The van der Waals surface area contributed by atoms with Crippen molar-refractivity contribution >= 4 is 37.4 Å². The van der Waals surface area contributed by atoms with Crippen LogP contribution in [0.1, 0.15) is 0 Å². The standard InChI is InChI=1S/C22H16BrClN2O2S/c1-29(27,28)20-11-9-19(10-12-20)26-22(16-3-2-4-17(23)13-16)14-21(25-26)15-5-7-18(24)8-6-15/h2-14H,1H3. The van der Waals surface area contributed by atoms with Crippen LogP contribution < -0.4 is 0 Å². The summed E-state index contributed by atoms with van der Waals surface area (Å²) in [6.07, 6.45) is 1.20. The zero-order valence-corrected chi connectivity index (χ0v) is 18.5. The van der Waals surface area contributed by atoms with Crippen molar-refractivity contribution in [1.82, 2.24) is 9.78 Å². The van der Waals surface area contributed by atoms with E-state index in [4.69, 9.17) is 16.7 Å². The molecule has 4 rings (SSSR count). The van der Waals surface area contributed by atoms with Crippen LogP contribution in [0.4, 0.5) is 0 Å². The first-order chi connectivity index (χ1) is 13.8. The van der Waals surface area contributed by atoms with Gasteiger partial charge >= 0.3 is 0 Å². The van der Waals surface area contributed by atoms with E-state index in [9.17, 15) is 8.42 Å². The van der Waals surface area contributed by atoms with Crippen molar-refractivity contribution in [1.29, 1.82) is 0 Å². The second kappa shape index (κ2) is 7.78. The van der Waals surface area contributed by atoms with E-state index in [0.29, 0.717) is 5.02 Å². The highest BCUT2D eigenvalue weighted by molar-refractivity contribution is 9.10. The Balaban J connectivity index is 1.88. The van der Waals surface area contributed by atoms with Crippen LogP contribution in [-0.2, 0) is 9.84 Å². The van der Waals surface area contributed by atoms with E-state index in [0.717, 1.165) is 32.7 Å². The van der Waals surface area contributed by atoms with E-state index >= 15 is 0 Å². The van der Waals surface area contributed by atoms with E-state index in [2.05, 4.69) is 15.9 Å². The Kier molecular flexibility index (Phi) is 5.34. The molecule has 0 bridgehead atoms. The number of aromatic nitrogens is 2. The average molecular weight is 488 g/mol. The van der Waals surface area contributed by atoms with Crippen LogP contribution in [0.2, 0.25) is 5.02 Å². The highest BCUT2D eigenvalue weighted by Gasteiger charge is 2.15. The van der Waals surface area contributed by atoms with Crippen molar-refractivity contribution in [3.8, 4) is 28.2 Å². The fourth-order valence-corrected chi connectivity index (χ4v) is 4.18. The first-order valence-corrected chi connectivity index (χ1v) is 11.8. The largest absolute Gasteiger partial charge is 0.232 e. The molecule has 0 atom stereocenters. The molecule has 29 heavy (non-hydrogen) atoms. The van der Waals surface area contributed by atoms with Gasteiger partial charge in [-0.1, -0.05) is 51.8 Å². The third-order valence-electron chi connectivity index (χ3n) is 4.48. The minimum atomic E-state index is -3.26.